The first-order chi connectivity index (χ1) is 15.7. The summed E-state index contributed by atoms with van der Waals surface area (Å²) in [6, 6.07) is 10.8. The van der Waals surface area contributed by atoms with Gasteiger partial charge >= 0.3 is 0 Å². The van der Waals surface area contributed by atoms with E-state index in [1.165, 1.54) is 54.5 Å². The zero-order valence-electron chi connectivity index (χ0n) is 18.2. The molecule has 0 saturated heterocycles. The number of benzene rings is 2. The van der Waals surface area contributed by atoms with Gasteiger partial charge in [0.2, 0.25) is 5.43 Å². The fourth-order valence-electron chi connectivity index (χ4n) is 3.66. The predicted molar refractivity (Wildman–Crippen MR) is 125 cm³/mol. The quantitative estimate of drug-likeness (QED) is 0.343. The number of carbonyl (C=O) groups excluding carboxylic acids is 1. The molecule has 170 valence electrons. The van der Waals surface area contributed by atoms with E-state index in [0.29, 0.717) is 21.5 Å². The number of aromatic nitrogens is 1. The number of rotatable bonds is 5. The number of nitrogens with zero attached hydrogens (tertiary/aromatic N) is 2. The Labute approximate surface area is 192 Å². The van der Waals surface area contributed by atoms with E-state index < -0.39 is 23.0 Å². The van der Waals surface area contributed by atoms with Crippen molar-refractivity contribution in [3.8, 4) is 10.4 Å². The molecule has 0 aliphatic heterocycles. The van der Waals surface area contributed by atoms with E-state index in [0.717, 1.165) is 15.5 Å². The van der Waals surface area contributed by atoms with Crippen LogP contribution in [0.5, 0.6) is 0 Å². The van der Waals surface area contributed by atoms with E-state index in [1.54, 1.807) is 19.1 Å². The summed E-state index contributed by atoms with van der Waals surface area (Å²) in [6.07, 6.45) is 1.33. The Balaban J connectivity index is 2.01. The van der Waals surface area contributed by atoms with Crippen molar-refractivity contribution in [3.05, 3.63) is 87.2 Å². The first-order valence-electron chi connectivity index (χ1n) is 10.0. The molecular formula is C24H21F2N3O3S. The third-order valence-corrected chi connectivity index (χ3v) is 6.88. The standard InChI is InChI=1S/C24H21F2N3O3S/c1-13-20-21(30)17(23(31)28(2)32-3)12-29(11-16-18(25)5-4-6-19(16)26)24(20)33-22(13)14-7-9-15(27)10-8-14/h4-10,12H,11,27H2,1-3H3. The molecule has 2 aromatic heterocycles. The number of carbonyl (C=O) groups is 1. The molecule has 0 fully saturated rings. The third kappa shape index (κ3) is 4.01. The van der Waals surface area contributed by atoms with Crippen LogP contribution in [0.2, 0.25) is 0 Å². The van der Waals surface area contributed by atoms with Crippen molar-refractivity contribution >= 4 is 33.1 Å². The maximum absolute atomic E-state index is 14.4. The molecule has 6 nitrogen and oxygen atoms in total. The molecule has 2 aromatic carbocycles. The van der Waals surface area contributed by atoms with Gasteiger partial charge in [-0.2, -0.15) is 0 Å². The molecule has 0 bridgehead atoms. The highest BCUT2D eigenvalue weighted by Crippen LogP contribution is 2.37. The van der Waals surface area contributed by atoms with Crippen LogP contribution in [-0.2, 0) is 11.4 Å². The molecule has 9 heteroatoms. The van der Waals surface area contributed by atoms with Crippen LogP contribution in [0.25, 0.3) is 20.7 Å². The van der Waals surface area contributed by atoms with Crippen molar-refractivity contribution in [1.82, 2.24) is 9.63 Å². The molecule has 4 aromatic rings. The zero-order valence-corrected chi connectivity index (χ0v) is 19.0. The molecule has 4 rings (SSSR count). The average molecular weight is 470 g/mol. The van der Waals surface area contributed by atoms with Crippen LogP contribution in [0, 0.1) is 18.6 Å². The summed E-state index contributed by atoms with van der Waals surface area (Å²) in [7, 11) is 2.69. The summed E-state index contributed by atoms with van der Waals surface area (Å²) in [5, 5.41) is 1.25. The first-order valence-corrected chi connectivity index (χ1v) is 10.8. The van der Waals surface area contributed by atoms with Gasteiger partial charge in [0.05, 0.1) is 19.0 Å². The largest absolute Gasteiger partial charge is 0.399 e. The molecule has 1 amide bonds. The van der Waals surface area contributed by atoms with Gasteiger partial charge < -0.3 is 10.3 Å². The van der Waals surface area contributed by atoms with E-state index in [-0.39, 0.29) is 17.7 Å². The van der Waals surface area contributed by atoms with Crippen molar-refractivity contribution < 1.29 is 18.4 Å². The lowest BCUT2D eigenvalue weighted by Crippen LogP contribution is -2.31. The van der Waals surface area contributed by atoms with E-state index in [4.69, 9.17) is 10.6 Å². The van der Waals surface area contributed by atoms with Crippen LogP contribution >= 0.6 is 11.3 Å². The van der Waals surface area contributed by atoms with Crippen molar-refractivity contribution in [3.63, 3.8) is 0 Å². The fourth-order valence-corrected chi connectivity index (χ4v) is 4.95. The highest BCUT2D eigenvalue weighted by Gasteiger charge is 2.24. The number of hydrogen-bond donors (Lipinski definition) is 1. The Morgan fingerprint density at radius 1 is 1.15 bits per heavy atom. The summed E-state index contributed by atoms with van der Waals surface area (Å²) in [6.45, 7) is 1.58. The summed E-state index contributed by atoms with van der Waals surface area (Å²) >= 11 is 1.31. The predicted octanol–water partition coefficient (Wildman–Crippen LogP) is 4.58. The lowest BCUT2D eigenvalue weighted by molar-refractivity contribution is -0.0758. The lowest BCUT2D eigenvalue weighted by atomic mass is 10.1. The minimum atomic E-state index is -0.712. The Kier molecular flexibility index (Phi) is 6.01. The molecule has 0 unspecified atom stereocenters. The molecule has 0 aliphatic carbocycles. The van der Waals surface area contributed by atoms with Gasteiger partial charge in [-0.3, -0.25) is 14.4 Å². The SMILES string of the molecule is CON(C)C(=O)c1cn(Cc2c(F)cccc2F)c2sc(-c3ccc(N)cc3)c(C)c2c1=O. The van der Waals surface area contributed by atoms with Crippen molar-refractivity contribution in [2.45, 2.75) is 13.5 Å². The molecule has 0 saturated carbocycles. The number of hydroxylamine groups is 2. The molecular weight excluding hydrogens is 448 g/mol. The number of aryl methyl sites for hydroxylation is 1. The van der Waals surface area contributed by atoms with Gasteiger partial charge in [0.15, 0.2) is 0 Å². The molecule has 0 radical (unpaired) electrons. The van der Waals surface area contributed by atoms with Crippen molar-refractivity contribution in [2.75, 3.05) is 19.9 Å². The van der Waals surface area contributed by atoms with E-state index >= 15 is 0 Å². The molecule has 0 atom stereocenters. The minimum absolute atomic E-state index is 0.159. The zero-order chi connectivity index (χ0) is 23.9. The Hall–Kier alpha value is -3.56. The number of amides is 1. The number of pyridine rings is 1. The average Bonchev–Trinajstić information content (AvgIpc) is 3.15. The first kappa shape index (κ1) is 22.6. The second kappa shape index (κ2) is 8.76. The monoisotopic (exact) mass is 469 g/mol. The molecule has 0 spiro atoms. The molecule has 33 heavy (non-hydrogen) atoms. The number of anilines is 1. The Bertz CT molecular complexity index is 1410. The van der Waals surface area contributed by atoms with Gasteiger partial charge in [-0.15, -0.1) is 11.3 Å². The number of thiophene rings is 1. The van der Waals surface area contributed by atoms with E-state index in [1.807, 2.05) is 12.1 Å². The lowest BCUT2D eigenvalue weighted by Gasteiger charge is -2.16. The fraction of sp³-hybridized carbons (Fsp3) is 0.167. The van der Waals surface area contributed by atoms with Gasteiger partial charge in [0.25, 0.3) is 5.91 Å². The maximum atomic E-state index is 14.4. The topological polar surface area (TPSA) is 77.6 Å². The normalized spacial score (nSPS) is 11.2. The summed E-state index contributed by atoms with van der Waals surface area (Å²) in [5.74, 6) is -2.08. The second-order valence-electron chi connectivity index (χ2n) is 7.54. The Morgan fingerprint density at radius 3 is 2.39 bits per heavy atom. The molecule has 2 N–H and O–H groups in total. The van der Waals surface area contributed by atoms with Crippen LogP contribution in [0.1, 0.15) is 21.5 Å². The Morgan fingerprint density at radius 2 is 1.79 bits per heavy atom. The van der Waals surface area contributed by atoms with Crippen LogP contribution in [-0.4, -0.2) is 29.7 Å². The highest BCUT2D eigenvalue weighted by atomic mass is 32.1. The number of hydrogen-bond acceptors (Lipinski definition) is 5. The van der Waals surface area contributed by atoms with E-state index in [9.17, 15) is 18.4 Å². The summed E-state index contributed by atoms with van der Waals surface area (Å²) < 4.78 is 30.4. The van der Waals surface area contributed by atoms with Gasteiger partial charge in [0.1, 0.15) is 22.0 Å². The van der Waals surface area contributed by atoms with Crippen molar-refractivity contribution in [2.24, 2.45) is 0 Å². The van der Waals surface area contributed by atoms with Crippen LogP contribution < -0.4 is 11.2 Å². The van der Waals surface area contributed by atoms with Crippen LogP contribution in [0.3, 0.4) is 0 Å². The highest BCUT2D eigenvalue weighted by molar-refractivity contribution is 7.22. The van der Waals surface area contributed by atoms with E-state index in [2.05, 4.69) is 0 Å². The smallest absolute Gasteiger partial charge is 0.282 e. The van der Waals surface area contributed by atoms with Crippen molar-refractivity contribution in [1.29, 1.82) is 0 Å². The number of nitrogens with two attached hydrogens (primary N) is 1. The number of nitrogen functional groups attached to an aromatic ring is 1. The van der Waals surface area contributed by atoms with Crippen LogP contribution in [0.4, 0.5) is 14.5 Å². The van der Waals surface area contributed by atoms with Gasteiger partial charge in [-0.25, -0.2) is 13.8 Å². The summed E-state index contributed by atoms with van der Waals surface area (Å²) in [4.78, 5) is 32.5. The summed E-state index contributed by atoms with van der Waals surface area (Å²) in [5.41, 5.74) is 7.11. The third-order valence-electron chi connectivity index (χ3n) is 5.50. The minimum Gasteiger partial charge on any atom is -0.399 e. The van der Waals surface area contributed by atoms with Gasteiger partial charge in [-0.05, 0) is 42.3 Å². The second-order valence-corrected chi connectivity index (χ2v) is 8.54. The molecule has 2 heterocycles. The number of fused-ring (bicyclic) bond motifs is 1. The van der Waals surface area contributed by atoms with Gasteiger partial charge in [-0.1, -0.05) is 18.2 Å². The van der Waals surface area contributed by atoms with Crippen LogP contribution in [0.15, 0.2) is 53.5 Å². The maximum Gasteiger partial charge on any atom is 0.282 e. The number of halogens is 2. The molecule has 0 aliphatic rings. The van der Waals surface area contributed by atoms with Gasteiger partial charge in [0, 0.05) is 29.4 Å².